The van der Waals surface area contributed by atoms with Crippen molar-refractivity contribution in [3.8, 4) is 0 Å². The van der Waals surface area contributed by atoms with Gasteiger partial charge in [-0.05, 0) is 10.6 Å². The molecule has 0 spiro atoms. The highest BCUT2D eigenvalue weighted by Crippen LogP contribution is 2.21. The first-order chi connectivity index (χ1) is 7.00. The van der Waals surface area contributed by atoms with Gasteiger partial charge in [-0.1, -0.05) is 56.0 Å². The van der Waals surface area contributed by atoms with Crippen molar-refractivity contribution >= 4 is 29.7 Å². The Balaban J connectivity index is 2.76. The van der Waals surface area contributed by atoms with E-state index in [-0.39, 0.29) is 0 Å². The number of benzene rings is 2. The van der Waals surface area contributed by atoms with Gasteiger partial charge in [-0.25, -0.2) is 0 Å². The van der Waals surface area contributed by atoms with E-state index >= 15 is 0 Å². The van der Waals surface area contributed by atoms with E-state index in [4.69, 9.17) is 5.73 Å². The third-order valence-electron chi connectivity index (χ3n) is 2.78. The van der Waals surface area contributed by atoms with Gasteiger partial charge >= 0.3 is 0 Å². The van der Waals surface area contributed by atoms with Crippen LogP contribution < -0.4 is 10.9 Å². The van der Waals surface area contributed by atoms with Crippen LogP contribution in [0, 0.1) is 0 Å². The topological polar surface area (TPSA) is 26.0 Å². The Morgan fingerprint density at radius 1 is 0.933 bits per heavy atom. The monoisotopic (exact) mass is 215 g/mol. The van der Waals surface area contributed by atoms with Crippen LogP contribution in [0.4, 0.5) is 5.69 Å². The highest BCUT2D eigenvalue weighted by Gasteiger charge is 2.19. The lowest BCUT2D eigenvalue weighted by Gasteiger charge is -2.20. The highest BCUT2D eigenvalue weighted by atomic mass is 28.3. The van der Waals surface area contributed by atoms with Crippen LogP contribution in [0.2, 0.25) is 19.6 Å². The molecule has 0 fully saturated rings. The van der Waals surface area contributed by atoms with E-state index in [0.29, 0.717) is 0 Å². The van der Waals surface area contributed by atoms with Crippen molar-refractivity contribution in [2.45, 2.75) is 19.6 Å². The maximum atomic E-state index is 6.24. The van der Waals surface area contributed by atoms with Crippen molar-refractivity contribution in [1.82, 2.24) is 0 Å². The lowest BCUT2D eigenvalue weighted by Crippen LogP contribution is -2.39. The smallest absolute Gasteiger partial charge is 0.0803 e. The molecule has 0 saturated heterocycles. The number of rotatable bonds is 1. The van der Waals surface area contributed by atoms with Crippen molar-refractivity contribution in [2.75, 3.05) is 5.73 Å². The van der Waals surface area contributed by atoms with Crippen LogP contribution in [0.15, 0.2) is 36.4 Å². The molecule has 0 aromatic heterocycles. The first-order valence-corrected chi connectivity index (χ1v) is 8.78. The molecule has 0 radical (unpaired) electrons. The minimum atomic E-state index is -1.32. The van der Waals surface area contributed by atoms with Crippen LogP contribution in [0.3, 0.4) is 0 Å². The van der Waals surface area contributed by atoms with Gasteiger partial charge in [-0.2, -0.15) is 0 Å². The van der Waals surface area contributed by atoms with Gasteiger partial charge in [0, 0.05) is 11.1 Å². The summed E-state index contributed by atoms with van der Waals surface area (Å²) in [7, 11) is -1.32. The standard InChI is InChI=1S/C13H17NSi/c1-15(2,3)12-9-8-10-6-4-5-7-11(10)13(12)14/h4-9H,14H2,1-3H3. The average molecular weight is 215 g/mol. The summed E-state index contributed by atoms with van der Waals surface area (Å²) in [6.07, 6.45) is 0. The molecule has 2 aromatic carbocycles. The van der Waals surface area contributed by atoms with E-state index in [2.05, 4.69) is 50.0 Å². The summed E-state index contributed by atoms with van der Waals surface area (Å²) in [5, 5.41) is 3.79. The van der Waals surface area contributed by atoms with Gasteiger partial charge < -0.3 is 5.73 Å². The summed E-state index contributed by atoms with van der Waals surface area (Å²) < 4.78 is 0. The van der Waals surface area contributed by atoms with Crippen molar-refractivity contribution in [2.24, 2.45) is 0 Å². The fourth-order valence-corrected chi connectivity index (χ4v) is 3.48. The second kappa shape index (κ2) is 3.38. The highest BCUT2D eigenvalue weighted by molar-refractivity contribution is 6.90. The molecule has 2 aromatic rings. The van der Waals surface area contributed by atoms with E-state index in [1.807, 2.05) is 6.07 Å². The zero-order valence-electron chi connectivity index (χ0n) is 9.54. The molecule has 0 bridgehead atoms. The molecule has 0 amide bonds. The van der Waals surface area contributed by atoms with Gasteiger partial charge in [-0.3, -0.25) is 0 Å². The third-order valence-corrected chi connectivity index (χ3v) is 4.83. The second-order valence-corrected chi connectivity index (χ2v) is 10.0. The number of nitrogens with two attached hydrogens (primary N) is 1. The molecule has 0 heterocycles. The molecule has 2 N–H and O–H groups in total. The van der Waals surface area contributed by atoms with Crippen LogP contribution in [0.25, 0.3) is 10.8 Å². The Morgan fingerprint density at radius 2 is 1.60 bits per heavy atom. The molecule has 2 heteroatoms. The normalized spacial score (nSPS) is 11.9. The fraction of sp³-hybridized carbons (Fsp3) is 0.231. The number of fused-ring (bicyclic) bond motifs is 1. The largest absolute Gasteiger partial charge is 0.398 e. The third kappa shape index (κ3) is 1.77. The number of hydrogen-bond acceptors (Lipinski definition) is 1. The van der Waals surface area contributed by atoms with Gasteiger partial charge in [0.15, 0.2) is 0 Å². The second-order valence-electron chi connectivity index (χ2n) is 5.00. The Morgan fingerprint density at radius 3 is 2.27 bits per heavy atom. The minimum absolute atomic E-state index is 0.979. The number of hydrogen-bond donors (Lipinski definition) is 1. The molecule has 0 saturated carbocycles. The molecule has 0 aliphatic rings. The predicted molar refractivity (Wildman–Crippen MR) is 71.3 cm³/mol. The molecule has 0 aliphatic heterocycles. The summed E-state index contributed by atoms with van der Waals surface area (Å²) in [5.74, 6) is 0. The Hall–Kier alpha value is -1.28. The van der Waals surface area contributed by atoms with E-state index in [9.17, 15) is 0 Å². The summed E-state index contributed by atoms with van der Waals surface area (Å²) in [6.45, 7) is 6.98. The van der Waals surface area contributed by atoms with Gasteiger partial charge in [0.25, 0.3) is 0 Å². The van der Waals surface area contributed by atoms with E-state index in [0.717, 1.165) is 5.69 Å². The van der Waals surface area contributed by atoms with Gasteiger partial charge in [0.2, 0.25) is 0 Å². The van der Waals surface area contributed by atoms with Crippen LogP contribution >= 0.6 is 0 Å². The summed E-state index contributed by atoms with van der Waals surface area (Å²) in [5.41, 5.74) is 7.22. The molecular weight excluding hydrogens is 198 g/mol. The predicted octanol–water partition coefficient (Wildman–Crippen LogP) is 2.97. The average Bonchev–Trinajstić information content (AvgIpc) is 2.16. The number of anilines is 1. The fourth-order valence-electron chi connectivity index (χ4n) is 1.95. The van der Waals surface area contributed by atoms with Crippen LogP contribution in [0.5, 0.6) is 0 Å². The summed E-state index contributed by atoms with van der Waals surface area (Å²) in [4.78, 5) is 0. The van der Waals surface area contributed by atoms with Crippen LogP contribution in [0.1, 0.15) is 0 Å². The summed E-state index contributed by atoms with van der Waals surface area (Å²) >= 11 is 0. The molecule has 0 aliphatic carbocycles. The van der Waals surface area contributed by atoms with Crippen molar-refractivity contribution in [3.63, 3.8) is 0 Å². The van der Waals surface area contributed by atoms with E-state index in [1.165, 1.54) is 16.0 Å². The molecule has 0 unspecified atom stereocenters. The zero-order chi connectivity index (χ0) is 11.1. The lowest BCUT2D eigenvalue weighted by molar-refractivity contribution is 1.69. The van der Waals surface area contributed by atoms with E-state index in [1.54, 1.807) is 0 Å². The number of nitrogen functional groups attached to an aromatic ring is 1. The van der Waals surface area contributed by atoms with E-state index < -0.39 is 8.07 Å². The Kier molecular flexibility index (Phi) is 2.31. The molecule has 78 valence electrons. The van der Waals surface area contributed by atoms with Gasteiger partial charge in [0.05, 0.1) is 8.07 Å². The van der Waals surface area contributed by atoms with Gasteiger partial charge in [-0.15, -0.1) is 0 Å². The minimum Gasteiger partial charge on any atom is -0.398 e. The quantitative estimate of drug-likeness (QED) is 0.574. The maximum Gasteiger partial charge on any atom is 0.0803 e. The van der Waals surface area contributed by atoms with Crippen molar-refractivity contribution in [3.05, 3.63) is 36.4 Å². The zero-order valence-corrected chi connectivity index (χ0v) is 10.5. The molecular formula is C13H17NSi. The Bertz CT molecular complexity index is 497. The van der Waals surface area contributed by atoms with Crippen LogP contribution in [-0.2, 0) is 0 Å². The van der Waals surface area contributed by atoms with Gasteiger partial charge in [0.1, 0.15) is 0 Å². The molecule has 0 atom stereocenters. The SMILES string of the molecule is C[Si](C)(C)c1ccc2ccccc2c1N. The maximum absolute atomic E-state index is 6.24. The Labute approximate surface area is 91.9 Å². The molecule has 2 rings (SSSR count). The lowest BCUT2D eigenvalue weighted by atomic mass is 10.1. The van der Waals surface area contributed by atoms with Crippen molar-refractivity contribution in [1.29, 1.82) is 0 Å². The first kappa shape index (κ1) is 10.2. The van der Waals surface area contributed by atoms with Crippen LogP contribution in [-0.4, -0.2) is 8.07 Å². The summed E-state index contributed by atoms with van der Waals surface area (Å²) in [6, 6.07) is 12.7. The van der Waals surface area contributed by atoms with Crippen molar-refractivity contribution < 1.29 is 0 Å². The molecule has 1 nitrogen and oxygen atoms in total. The molecule has 15 heavy (non-hydrogen) atoms. The first-order valence-electron chi connectivity index (χ1n) is 5.28.